The van der Waals surface area contributed by atoms with Gasteiger partial charge in [-0.1, -0.05) is 31.0 Å². The van der Waals surface area contributed by atoms with E-state index in [0.29, 0.717) is 24.6 Å². The number of anilines is 1. The van der Waals surface area contributed by atoms with Gasteiger partial charge in [0.2, 0.25) is 0 Å². The largest absolute Gasteiger partial charge is 0.396 e. The maximum Gasteiger partial charge on any atom is 0.0474 e. The summed E-state index contributed by atoms with van der Waals surface area (Å²) in [5.41, 5.74) is 2.60. The zero-order valence-electron chi connectivity index (χ0n) is 13.0. The number of rotatable bonds is 5. The van der Waals surface area contributed by atoms with E-state index in [1.54, 1.807) is 0 Å². The molecule has 0 spiro atoms. The van der Waals surface area contributed by atoms with Crippen LogP contribution in [0.15, 0.2) is 24.3 Å². The molecule has 0 heterocycles. The van der Waals surface area contributed by atoms with Crippen LogP contribution in [0, 0.1) is 5.92 Å². The van der Waals surface area contributed by atoms with Gasteiger partial charge < -0.3 is 15.3 Å². The van der Waals surface area contributed by atoms with Crippen molar-refractivity contribution in [2.75, 3.05) is 25.6 Å². The Morgan fingerprint density at radius 3 is 2.65 bits per heavy atom. The summed E-state index contributed by atoms with van der Waals surface area (Å²) in [6.07, 6.45) is 4.86. The second-order valence-electron chi connectivity index (χ2n) is 6.18. The number of nitrogens with one attached hydrogen (secondary N) is 1. The van der Waals surface area contributed by atoms with E-state index in [-0.39, 0.29) is 0 Å². The summed E-state index contributed by atoms with van der Waals surface area (Å²) in [5, 5.41) is 13.3. The highest BCUT2D eigenvalue weighted by atomic mass is 16.3. The van der Waals surface area contributed by atoms with E-state index >= 15 is 0 Å². The van der Waals surface area contributed by atoms with Gasteiger partial charge in [0.25, 0.3) is 0 Å². The lowest BCUT2D eigenvalue weighted by molar-refractivity contribution is 0.147. The summed E-state index contributed by atoms with van der Waals surface area (Å²) in [5.74, 6) is 0.415. The normalized spacial score (nSPS) is 24.4. The second-order valence-corrected chi connectivity index (χ2v) is 6.18. The van der Waals surface area contributed by atoms with Gasteiger partial charge in [0.15, 0.2) is 0 Å². The number of aliphatic hydroxyl groups is 1. The van der Waals surface area contributed by atoms with Gasteiger partial charge in [-0.05, 0) is 37.3 Å². The summed E-state index contributed by atoms with van der Waals surface area (Å²) in [4.78, 5) is 2.16. The Balaban J connectivity index is 2.09. The van der Waals surface area contributed by atoms with Gasteiger partial charge in [-0.25, -0.2) is 0 Å². The summed E-state index contributed by atoms with van der Waals surface area (Å²) in [6, 6.07) is 9.31. The third-order valence-corrected chi connectivity index (χ3v) is 4.49. The molecule has 1 aromatic rings. The smallest absolute Gasteiger partial charge is 0.0474 e. The molecule has 0 radical (unpaired) electrons. The summed E-state index contributed by atoms with van der Waals surface area (Å²) in [7, 11) is 4.17. The first-order valence-electron chi connectivity index (χ1n) is 7.76. The molecule has 20 heavy (non-hydrogen) atoms. The van der Waals surface area contributed by atoms with Crippen LogP contribution in [0.2, 0.25) is 0 Å². The molecule has 1 fully saturated rings. The standard InChI is InChI=1S/C17H28N2O/c1-13(15-9-5-7-11-17(15)19(2)3)18-16-10-6-4-8-14(16)12-20/h5,7,9,11,13-14,16,18,20H,4,6,8,10,12H2,1-3H3. The minimum Gasteiger partial charge on any atom is -0.396 e. The van der Waals surface area contributed by atoms with Gasteiger partial charge in [-0.15, -0.1) is 0 Å². The third kappa shape index (κ3) is 3.53. The van der Waals surface area contributed by atoms with Crippen LogP contribution in [0.4, 0.5) is 5.69 Å². The lowest BCUT2D eigenvalue weighted by Crippen LogP contribution is -2.41. The van der Waals surface area contributed by atoms with Crippen LogP contribution < -0.4 is 10.2 Å². The Morgan fingerprint density at radius 1 is 1.25 bits per heavy atom. The molecule has 1 aromatic carbocycles. The van der Waals surface area contributed by atoms with Gasteiger partial charge in [0.05, 0.1) is 0 Å². The van der Waals surface area contributed by atoms with Gasteiger partial charge in [-0.3, -0.25) is 0 Å². The summed E-state index contributed by atoms with van der Waals surface area (Å²) >= 11 is 0. The molecule has 0 saturated heterocycles. The van der Waals surface area contributed by atoms with Gasteiger partial charge in [0, 0.05) is 38.5 Å². The van der Waals surface area contributed by atoms with Gasteiger partial charge in [0.1, 0.15) is 0 Å². The van der Waals surface area contributed by atoms with E-state index in [2.05, 4.69) is 55.5 Å². The van der Waals surface area contributed by atoms with E-state index in [9.17, 15) is 5.11 Å². The van der Waals surface area contributed by atoms with Crippen molar-refractivity contribution in [3.05, 3.63) is 29.8 Å². The van der Waals surface area contributed by atoms with E-state index in [1.807, 2.05) is 0 Å². The van der Waals surface area contributed by atoms with Crippen molar-refractivity contribution in [3.8, 4) is 0 Å². The van der Waals surface area contributed by atoms with Crippen molar-refractivity contribution < 1.29 is 5.11 Å². The first-order valence-corrected chi connectivity index (χ1v) is 7.76. The maximum atomic E-state index is 9.54. The van der Waals surface area contributed by atoms with E-state index in [0.717, 1.165) is 6.42 Å². The number of benzene rings is 1. The highest BCUT2D eigenvalue weighted by Gasteiger charge is 2.26. The maximum absolute atomic E-state index is 9.54. The van der Waals surface area contributed by atoms with Crippen molar-refractivity contribution in [2.45, 2.75) is 44.7 Å². The molecular formula is C17H28N2O. The second kappa shape index (κ2) is 7.09. The van der Waals surface area contributed by atoms with Crippen molar-refractivity contribution in [1.29, 1.82) is 0 Å². The van der Waals surface area contributed by atoms with Crippen LogP contribution in [0.1, 0.15) is 44.2 Å². The lowest BCUT2D eigenvalue weighted by Gasteiger charge is -2.34. The molecule has 3 nitrogen and oxygen atoms in total. The van der Waals surface area contributed by atoms with Crippen LogP contribution >= 0.6 is 0 Å². The zero-order chi connectivity index (χ0) is 14.5. The fourth-order valence-electron chi connectivity index (χ4n) is 3.32. The van der Waals surface area contributed by atoms with E-state index in [4.69, 9.17) is 0 Å². The van der Waals surface area contributed by atoms with Crippen LogP contribution in [-0.2, 0) is 0 Å². The zero-order valence-corrected chi connectivity index (χ0v) is 13.0. The number of aliphatic hydroxyl groups excluding tert-OH is 1. The molecule has 112 valence electrons. The lowest BCUT2D eigenvalue weighted by atomic mass is 9.84. The molecule has 0 amide bonds. The quantitative estimate of drug-likeness (QED) is 0.868. The highest BCUT2D eigenvalue weighted by molar-refractivity contribution is 5.53. The summed E-state index contributed by atoms with van der Waals surface area (Å²) < 4.78 is 0. The predicted molar refractivity (Wildman–Crippen MR) is 85.2 cm³/mol. The molecule has 3 atom stereocenters. The monoisotopic (exact) mass is 276 g/mol. The Hall–Kier alpha value is -1.06. The molecule has 2 rings (SSSR count). The Labute approximate surface area is 123 Å². The molecule has 1 aliphatic rings. The molecule has 0 aliphatic heterocycles. The Bertz CT molecular complexity index is 419. The number of nitrogens with zero attached hydrogens (tertiary/aromatic N) is 1. The number of para-hydroxylation sites is 1. The van der Waals surface area contributed by atoms with E-state index in [1.165, 1.54) is 30.5 Å². The van der Waals surface area contributed by atoms with Crippen LogP contribution in [-0.4, -0.2) is 31.9 Å². The van der Waals surface area contributed by atoms with Gasteiger partial charge >= 0.3 is 0 Å². The van der Waals surface area contributed by atoms with Crippen LogP contribution in [0.25, 0.3) is 0 Å². The molecule has 1 saturated carbocycles. The Morgan fingerprint density at radius 2 is 1.95 bits per heavy atom. The molecule has 0 bridgehead atoms. The first kappa shape index (κ1) is 15.3. The molecule has 3 heteroatoms. The minimum absolute atomic E-state index is 0.305. The molecule has 1 aliphatic carbocycles. The average molecular weight is 276 g/mol. The number of hydrogen-bond acceptors (Lipinski definition) is 3. The fraction of sp³-hybridized carbons (Fsp3) is 0.647. The SMILES string of the molecule is CC(NC1CCCCC1CO)c1ccccc1N(C)C. The molecular weight excluding hydrogens is 248 g/mol. The fourth-order valence-corrected chi connectivity index (χ4v) is 3.32. The van der Waals surface area contributed by atoms with Gasteiger partial charge in [-0.2, -0.15) is 0 Å². The highest BCUT2D eigenvalue weighted by Crippen LogP contribution is 2.29. The molecule has 0 aromatic heterocycles. The summed E-state index contributed by atoms with van der Waals surface area (Å²) in [6.45, 7) is 2.53. The van der Waals surface area contributed by atoms with Crippen LogP contribution in [0.3, 0.4) is 0 Å². The number of hydrogen-bond donors (Lipinski definition) is 2. The molecule has 2 N–H and O–H groups in total. The third-order valence-electron chi connectivity index (χ3n) is 4.49. The Kier molecular flexibility index (Phi) is 5.44. The van der Waals surface area contributed by atoms with Crippen LogP contribution in [0.5, 0.6) is 0 Å². The minimum atomic E-state index is 0.305. The van der Waals surface area contributed by atoms with Crippen molar-refractivity contribution in [2.24, 2.45) is 5.92 Å². The average Bonchev–Trinajstić information content (AvgIpc) is 2.47. The topological polar surface area (TPSA) is 35.5 Å². The van der Waals surface area contributed by atoms with Crippen molar-refractivity contribution >= 4 is 5.69 Å². The van der Waals surface area contributed by atoms with E-state index < -0.39 is 0 Å². The predicted octanol–water partition coefficient (Wildman–Crippen LogP) is 2.95. The first-order chi connectivity index (χ1) is 9.63. The van der Waals surface area contributed by atoms with Crippen molar-refractivity contribution in [1.82, 2.24) is 5.32 Å². The molecule has 3 unspecified atom stereocenters. The van der Waals surface area contributed by atoms with Crippen molar-refractivity contribution in [3.63, 3.8) is 0 Å².